The molecule has 0 aliphatic heterocycles. The van der Waals surface area contributed by atoms with Gasteiger partial charge in [-0.1, -0.05) is 6.07 Å². The maximum Gasteiger partial charge on any atom is 0.129 e. The summed E-state index contributed by atoms with van der Waals surface area (Å²) in [5.41, 5.74) is 2.55. The Balaban J connectivity index is 2.74. The molecule has 1 atom stereocenters. The van der Waals surface area contributed by atoms with Gasteiger partial charge in [0.1, 0.15) is 11.6 Å². The minimum Gasteiger partial charge on any atom is -0.271 e. The third-order valence-corrected chi connectivity index (χ3v) is 2.39. The second-order valence-corrected chi connectivity index (χ2v) is 3.51. The van der Waals surface area contributed by atoms with E-state index in [2.05, 4.69) is 11.3 Å². The van der Waals surface area contributed by atoms with Crippen molar-refractivity contribution in [3.8, 4) is 12.3 Å². The van der Waals surface area contributed by atoms with Gasteiger partial charge in [-0.05, 0) is 25.0 Å². The lowest BCUT2D eigenvalue weighted by atomic mass is 10.0. The van der Waals surface area contributed by atoms with Crippen LogP contribution in [0.5, 0.6) is 0 Å². The highest BCUT2D eigenvalue weighted by atomic mass is 19.1. The van der Waals surface area contributed by atoms with Crippen LogP contribution in [0.1, 0.15) is 18.4 Å². The van der Waals surface area contributed by atoms with Gasteiger partial charge < -0.3 is 0 Å². The maximum atomic E-state index is 13.3. The van der Waals surface area contributed by atoms with Gasteiger partial charge in [0.15, 0.2) is 0 Å². The summed E-state index contributed by atoms with van der Waals surface area (Å²) in [6.07, 6.45) is 6.41. The zero-order valence-corrected chi connectivity index (χ0v) is 8.84. The minimum atomic E-state index is -0.555. The van der Waals surface area contributed by atoms with Crippen molar-refractivity contribution < 1.29 is 8.78 Å². The summed E-state index contributed by atoms with van der Waals surface area (Å²) in [5.74, 6) is 6.65. The molecular formula is C12H14F2N2. The van der Waals surface area contributed by atoms with E-state index < -0.39 is 11.6 Å². The molecule has 0 amide bonds. The fourth-order valence-corrected chi connectivity index (χ4v) is 1.48. The van der Waals surface area contributed by atoms with E-state index in [1.54, 1.807) is 0 Å². The molecule has 1 rings (SSSR count). The Morgan fingerprint density at radius 2 is 2.00 bits per heavy atom. The molecule has 1 aromatic rings. The van der Waals surface area contributed by atoms with Crippen LogP contribution < -0.4 is 11.3 Å². The molecule has 3 N–H and O–H groups in total. The SMILES string of the molecule is C#CCCC(Cc1c(F)cccc1F)NN. The molecular weight excluding hydrogens is 210 g/mol. The smallest absolute Gasteiger partial charge is 0.129 e. The Morgan fingerprint density at radius 1 is 1.38 bits per heavy atom. The molecule has 0 spiro atoms. The van der Waals surface area contributed by atoms with Crippen LogP contribution in [-0.2, 0) is 6.42 Å². The number of nitrogens with two attached hydrogens (primary N) is 1. The summed E-state index contributed by atoms with van der Waals surface area (Å²) in [7, 11) is 0. The van der Waals surface area contributed by atoms with Crippen molar-refractivity contribution in [2.24, 2.45) is 5.84 Å². The number of nitrogens with one attached hydrogen (secondary N) is 1. The maximum absolute atomic E-state index is 13.3. The topological polar surface area (TPSA) is 38.0 Å². The van der Waals surface area contributed by atoms with Gasteiger partial charge in [-0.25, -0.2) is 8.78 Å². The molecule has 0 aliphatic carbocycles. The standard InChI is InChI=1S/C12H14F2N2/c1-2-3-5-9(16-15)8-10-11(13)6-4-7-12(10)14/h1,4,6-7,9,16H,3,5,8,15H2. The zero-order valence-electron chi connectivity index (χ0n) is 8.84. The average molecular weight is 224 g/mol. The first-order chi connectivity index (χ1) is 7.69. The van der Waals surface area contributed by atoms with Crippen molar-refractivity contribution in [1.82, 2.24) is 5.43 Å². The third kappa shape index (κ3) is 3.30. The number of rotatable bonds is 5. The predicted molar refractivity (Wildman–Crippen MR) is 59.2 cm³/mol. The number of terminal acetylenes is 1. The van der Waals surface area contributed by atoms with Crippen LogP contribution >= 0.6 is 0 Å². The Morgan fingerprint density at radius 3 is 2.50 bits per heavy atom. The monoisotopic (exact) mass is 224 g/mol. The highest BCUT2D eigenvalue weighted by molar-refractivity contribution is 5.20. The number of hydrogen-bond donors (Lipinski definition) is 2. The molecule has 0 heterocycles. The molecule has 0 aromatic heterocycles. The third-order valence-electron chi connectivity index (χ3n) is 2.39. The minimum absolute atomic E-state index is 0.0440. The Bertz CT molecular complexity index is 365. The fraction of sp³-hybridized carbons (Fsp3) is 0.333. The fourth-order valence-electron chi connectivity index (χ4n) is 1.48. The summed E-state index contributed by atoms with van der Waals surface area (Å²) >= 11 is 0. The summed E-state index contributed by atoms with van der Waals surface area (Å²) in [5, 5.41) is 0. The Kier molecular flexibility index (Phi) is 4.90. The second kappa shape index (κ2) is 6.21. The highest BCUT2D eigenvalue weighted by Gasteiger charge is 2.14. The summed E-state index contributed by atoms with van der Waals surface area (Å²) in [6.45, 7) is 0. The van der Waals surface area contributed by atoms with E-state index in [0.29, 0.717) is 12.8 Å². The van der Waals surface area contributed by atoms with Gasteiger partial charge in [0, 0.05) is 18.0 Å². The number of halogens is 2. The Labute approximate surface area is 93.8 Å². The van der Waals surface area contributed by atoms with E-state index in [-0.39, 0.29) is 18.0 Å². The lowest BCUT2D eigenvalue weighted by molar-refractivity contribution is 0.468. The second-order valence-electron chi connectivity index (χ2n) is 3.51. The van der Waals surface area contributed by atoms with E-state index >= 15 is 0 Å². The van der Waals surface area contributed by atoms with Gasteiger partial charge in [0.05, 0.1) is 0 Å². The lowest BCUT2D eigenvalue weighted by Gasteiger charge is -2.15. The molecule has 0 fully saturated rings. The molecule has 86 valence electrons. The van der Waals surface area contributed by atoms with Gasteiger partial charge >= 0.3 is 0 Å². The molecule has 0 bridgehead atoms. The van der Waals surface area contributed by atoms with Crippen LogP contribution in [0.15, 0.2) is 18.2 Å². The van der Waals surface area contributed by atoms with Crippen LogP contribution in [0.3, 0.4) is 0 Å². The molecule has 0 radical (unpaired) electrons. The van der Waals surface area contributed by atoms with Gasteiger partial charge in [0.2, 0.25) is 0 Å². The van der Waals surface area contributed by atoms with Crippen LogP contribution in [0, 0.1) is 24.0 Å². The first-order valence-corrected chi connectivity index (χ1v) is 5.01. The van der Waals surface area contributed by atoms with E-state index in [9.17, 15) is 8.78 Å². The zero-order chi connectivity index (χ0) is 12.0. The summed E-state index contributed by atoms with van der Waals surface area (Å²) in [6, 6.07) is 3.57. The van der Waals surface area contributed by atoms with Crippen LogP contribution in [0.4, 0.5) is 8.78 Å². The van der Waals surface area contributed by atoms with Gasteiger partial charge in [0.25, 0.3) is 0 Å². The number of benzene rings is 1. The van der Waals surface area contributed by atoms with Gasteiger partial charge in [-0.3, -0.25) is 11.3 Å². The van der Waals surface area contributed by atoms with E-state index in [4.69, 9.17) is 12.3 Å². The van der Waals surface area contributed by atoms with Crippen molar-refractivity contribution in [3.63, 3.8) is 0 Å². The normalized spacial score (nSPS) is 12.1. The highest BCUT2D eigenvalue weighted by Crippen LogP contribution is 2.15. The van der Waals surface area contributed by atoms with Gasteiger partial charge in [-0.15, -0.1) is 12.3 Å². The largest absolute Gasteiger partial charge is 0.271 e. The van der Waals surface area contributed by atoms with Crippen LogP contribution in [0.2, 0.25) is 0 Å². The summed E-state index contributed by atoms with van der Waals surface area (Å²) in [4.78, 5) is 0. The number of hydrogen-bond acceptors (Lipinski definition) is 2. The first-order valence-electron chi connectivity index (χ1n) is 5.01. The molecule has 1 aromatic carbocycles. The molecule has 0 saturated heterocycles. The van der Waals surface area contributed by atoms with Crippen molar-refractivity contribution in [3.05, 3.63) is 35.4 Å². The number of hydrazine groups is 1. The molecule has 16 heavy (non-hydrogen) atoms. The lowest BCUT2D eigenvalue weighted by Crippen LogP contribution is -2.37. The van der Waals surface area contributed by atoms with Crippen molar-refractivity contribution in [1.29, 1.82) is 0 Å². The average Bonchev–Trinajstić information content (AvgIpc) is 2.28. The molecule has 4 heteroatoms. The van der Waals surface area contributed by atoms with Crippen LogP contribution in [0.25, 0.3) is 0 Å². The van der Waals surface area contributed by atoms with Crippen molar-refractivity contribution in [2.45, 2.75) is 25.3 Å². The molecule has 1 unspecified atom stereocenters. The summed E-state index contributed by atoms with van der Waals surface area (Å²) < 4.78 is 26.6. The quantitative estimate of drug-likeness (QED) is 0.454. The van der Waals surface area contributed by atoms with E-state index in [1.165, 1.54) is 18.2 Å². The Hall–Kier alpha value is -1.44. The predicted octanol–water partition coefficient (Wildman–Crippen LogP) is 1.75. The molecule has 0 aliphatic rings. The molecule has 2 nitrogen and oxygen atoms in total. The van der Waals surface area contributed by atoms with Crippen LogP contribution in [-0.4, -0.2) is 6.04 Å². The van der Waals surface area contributed by atoms with Crippen molar-refractivity contribution >= 4 is 0 Å². The van der Waals surface area contributed by atoms with Crippen molar-refractivity contribution in [2.75, 3.05) is 0 Å². The van der Waals surface area contributed by atoms with E-state index in [0.717, 1.165) is 0 Å². The first kappa shape index (κ1) is 12.6. The molecule has 0 saturated carbocycles. The van der Waals surface area contributed by atoms with E-state index in [1.807, 2.05) is 0 Å². The van der Waals surface area contributed by atoms with Gasteiger partial charge in [-0.2, -0.15) is 0 Å².